The van der Waals surface area contributed by atoms with Crippen molar-refractivity contribution in [2.75, 3.05) is 30.9 Å². The summed E-state index contributed by atoms with van der Waals surface area (Å²) in [5.41, 5.74) is 2.86. The van der Waals surface area contributed by atoms with E-state index >= 15 is 0 Å². The molecule has 180 valence electrons. The zero-order valence-electron chi connectivity index (χ0n) is 19.8. The maximum absolute atomic E-state index is 13.1. The molecule has 0 aliphatic rings. The van der Waals surface area contributed by atoms with E-state index in [2.05, 4.69) is 10.3 Å². The van der Waals surface area contributed by atoms with E-state index < -0.39 is 5.97 Å². The first-order valence-corrected chi connectivity index (χ1v) is 11.9. The van der Waals surface area contributed by atoms with Gasteiger partial charge < -0.3 is 15.0 Å². The first-order chi connectivity index (χ1) is 16.8. The first kappa shape index (κ1) is 24.2. The number of amides is 1. The van der Waals surface area contributed by atoms with Crippen molar-refractivity contribution in [2.45, 2.75) is 19.9 Å². The molecule has 0 atom stereocenters. The molecule has 0 spiro atoms. The third-order valence-corrected chi connectivity index (χ3v) is 6.73. The number of rotatable bonds is 8. The van der Waals surface area contributed by atoms with Gasteiger partial charge in [0.1, 0.15) is 16.3 Å². The van der Waals surface area contributed by atoms with E-state index in [4.69, 9.17) is 4.74 Å². The van der Waals surface area contributed by atoms with Crippen LogP contribution in [-0.4, -0.2) is 42.1 Å². The number of hydrogen-bond donors (Lipinski definition) is 1. The zero-order chi connectivity index (χ0) is 24.9. The number of thiophene rings is 1. The fourth-order valence-corrected chi connectivity index (χ4v) is 4.67. The second kappa shape index (κ2) is 10.5. The molecule has 4 aromatic rings. The standard InChI is InChI=1S/C26H26N4O4S/c1-17-22-24(35-23(17)26(33)34-14-13-18-7-5-4-6-8-18)27-16-30(25(22)32)15-21(31)28-19-9-11-20(12-10-19)29(2)3/h4-12,16H,13-15H2,1-3H3,(H,28,31). The summed E-state index contributed by atoms with van der Waals surface area (Å²) in [6.07, 6.45) is 1.94. The third-order valence-electron chi connectivity index (χ3n) is 5.55. The zero-order valence-corrected chi connectivity index (χ0v) is 20.6. The number of ether oxygens (including phenoxy) is 1. The van der Waals surface area contributed by atoms with Gasteiger partial charge in [0, 0.05) is 31.9 Å². The molecular weight excluding hydrogens is 464 g/mol. The van der Waals surface area contributed by atoms with Crippen LogP contribution in [0.5, 0.6) is 0 Å². The quantitative estimate of drug-likeness (QED) is 0.377. The molecule has 0 saturated carbocycles. The molecule has 2 aromatic heterocycles. The van der Waals surface area contributed by atoms with Crippen LogP contribution >= 0.6 is 11.3 Å². The molecule has 9 heteroatoms. The van der Waals surface area contributed by atoms with Gasteiger partial charge in [-0.3, -0.25) is 14.2 Å². The molecule has 4 rings (SSSR count). The maximum atomic E-state index is 13.1. The topological polar surface area (TPSA) is 93.5 Å². The van der Waals surface area contributed by atoms with Crippen LogP contribution in [-0.2, 0) is 22.5 Å². The minimum Gasteiger partial charge on any atom is -0.461 e. The molecule has 0 fully saturated rings. The smallest absolute Gasteiger partial charge is 0.348 e. The van der Waals surface area contributed by atoms with Gasteiger partial charge in [-0.1, -0.05) is 30.3 Å². The number of nitrogens with one attached hydrogen (secondary N) is 1. The molecule has 0 bridgehead atoms. The van der Waals surface area contributed by atoms with Gasteiger partial charge in [0.2, 0.25) is 5.91 Å². The number of esters is 1. The number of nitrogens with zero attached hydrogens (tertiary/aromatic N) is 3. The van der Waals surface area contributed by atoms with Gasteiger partial charge in [0.25, 0.3) is 5.56 Å². The van der Waals surface area contributed by atoms with Crippen molar-refractivity contribution in [2.24, 2.45) is 0 Å². The average Bonchev–Trinajstić information content (AvgIpc) is 3.19. The lowest BCUT2D eigenvalue weighted by Crippen LogP contribution is -2.28. The van der Waals surface area contributed by atoms with E-state index in [1.54, 1.807) is 19.1 Å². The first-order valence-electron chi connectivity index (χ1n) is 11.1. The molecule has 1 N–H and O–H groups in total. The van der Waals surface area contributed by atoms with Crippen LogP contribution in [0.3, 0.4) is 0 Å². The van der Waals surface area contributed by atoms with E-state index in [9.17, 15) is 14.4 Å². The normalized spacial score (nSPS) is 10.8. The molecule has 2 heterocycles. The summed E-state index contributed by atoms with van der Waals surface area (Å²) < 4.78 is 6.68. The Labute approximate surface area is 206 Å². The Bertz CT molecular complexity index is 1410. The number of aromatic nitrogens is 2. The SMILES string of the molecule is Cc1c(C(=O)OCCc2ccccc2)sc2ncn(CC(=O)Nc3ccc(N(C)C)cc3)c(=O)c12. The maximum Gasteiger partial charge on any atom is 0.348 e. The largest absolute Gasteiger partial charge is 0.461 e. The summed E-state index contributed by atoms with van der Waals surface area (Å²) in [6, 6.07) is 17.1. The Morgan fingerprint density at radius 3 is 2.49 bits per heavy atom. The van der Waals surface area contributed by atoms with Crippen LogP contribution < -0.4 is 15.8 Å². The second-order valence-electron chi connectivity index (χ2n) is 8.27. The molecule has 0 aliphatic heterocycles. The fraction of sp³-hybridized carbons (Fsp3) is 0.231. The molecule has 0 aliphatic carbocycles. The molecular formula is C26H26N4O4S. The van der Waals surface area contributed by atoms with E-state index in [1.165, 1.54) is 10.9 Å². The predicted molar refractivity (Wildman–Crippen MR) is 138 cm³/mol. The number of hydrogen-bond acceptors (Lipinski definition) is 7. The van der Waals surface area contributed by atoms with Crippen LogP contribution in [0, 0.1) is 6.92 Å². The van der Waals surface area contributed by atoms with Crippen molar-refractivity contribution in [1.29, 1.82) is 0 Å². The molecule has 35 heavy (non-hydrogen) atoms. The van der Waals surface area contributed by atoms with Crippen LogP contribution in [0.15, 0.2) is 65.7 Å². The van der Waals surface area contributed by atoms with Gasteiger partial charge in [-0.15, -0.1) is 11.3 Å². The number of anilines is 2. The summed E-state index contributed by atoms with van der Waals surface area (Å²) in [5, 5.41) is 3.12. The highest BCUT2D eigenvalue weighted by atomic mass is 32.1. The molecule has 2 aromatic carbocycles. The van der Waals surface area contributed by atoms with Crippen molar-refractivity contribution in [3.05, 3.63) is 87.3 Å². The molecule has 8 nitrogen and oxygen atoms in total. The van der Waals surface area contributed by atoms with Crippen LogP contribution in [0.25, 0.3) is 10.2 Å². The van der Waals surface area contributed by atoms with Crippen molar-refractivity contribution in [3.8, 4) is 0 Å². The van der Waals surface area contributed by atoms with Gasteiger partial charge in [0.05, 0.1) is 18.3 Å². The van der Waals surface area contributed by atoms with Gasteiger partial charge in [0.15, 0.2) is 0 Å². The molecule has 0 radical (unpaired) electrons. The lowest BCUT2D eigenvalue weighted by molar-refractivity contribution is -0.116. The highest BCUT2D eigenvalue weighted by Gasteiger charge is 2.21. The Hall–Kier alpha value is -3.98. The predicted octanol–water partition coefficient (Wildman–Crippen LogP) is 3.87. The van der Waals surface area contributed by atoms with Gasteiger partial charge in [-0.25, -0.2) is 9.78 Å². The summed E-state index contributed by atoms with van der Waals surface area (Å²) in [5.74, 6) is -0.828. The van der Waals surface area contributed by atoms with E-state index in [0.717, 1.165) is 22.6 Å². The van der Waals surface area contributed by atoms with Crippen molar-refractivity contribution in [1.82, 2.24) is 9.55 Å². The lowest BCUT2D eigenvalue weighted by atomic mass is 10.2. The fourth-order valence-electron chi connectivity index (χ4n) is 3.64. The van der Waals surface area contributed by atoms with Gasteiger partial charge in [-0.2, -0.15) is 0 Å². The van der Waals surface area contributed by atoms with Crippen LogP contribution in [0.2, 0.25) is 0 Å². The van der Waals surface area contributed by atoms with Gasteiger partial charge in [-0.05, 0) is 42.3 Å². The number of aryl methyl sites for hydroxylation is 1. The third kappa shape index (κ3) is 5.58. The van der Waals surface area contributed by atoms with Crippen molar-refractivity contribution in [3.63, 3.8) is 0 Å². The Kier molecular flexibility index (Phi) is 7.26. The van der Waals surface area contributed by atoms with Gasteiger partial charge >= 0.3 is 5.97 Å². The molecule has 0 saturated heterocycles. The summed E-state index contributed by atoms with van der Waals surface area (Å²) in [7, 11) is 3.87. The molecule has 0 unspecified atom stereocenters. The highest BCUT2D eigenvalue weighted by molar-refractivity contribution is 7.20. The number of carbonyl (C=O) groups is 2. The monoisotopic (exact) mass is 490 g/mol. The number of benzene rings is 2. The van der Waals surface area contributed by atoms with E-state index in [1.807, 2.05) is 61.5 Å². The lowest BCUT2D eigenvalue weighted by Gasteiger charge is -2.13. The Morgan fingerprint density at radius 2 is 1.80 bits per heavy atom. The Balaban J connectivity index is 1.45. The highest BCUT2D eigenvalue weighted by Crippen LogP contribution is 2.27. The average molecular weight is 491 g/mol. The van der Waals surface area contributed by atoms with Crippen LogP contribution in [0.4, 0.5) is 11.4 Å². The van der Waals surface area contributed by atoms with E-state index in [0.29, 0.717) is 32.8 Å². The van der Waals surface area contributed by atoms with Crippen LogP contribution in [0.1, 0.15) is 20.8 Å². The minimum absolute atomic E-state index is 0.191. The van der Waals surface area contributed by atoms with Crippen molar-refractivity contribution >= 4 is 44.8 Å². The number of carbonyl (C=O) groups excluding carboxylic acids is 2. The molecule has 1 amide bonds. The van der Waals surface area contributed by atoms with E-state index in [-0.39, 0.29) is 24.6 Å². The summed E-state index contributed by atoms with van der Waals surface area (Å²) in [6.45, 7) is 1.75. The summed E-state index contributed by atoms with van der Waals surface area (Å²) >= 11 is 1.12. The Morgan fingerprint density at radius 1 is 1.09 bits per heavy atom. The van der Waals surface area contributed by atoms with Crippen molar-refractivity contribution < 1.29 is 14.3 Å². The second-order valence-corrected chi connectivity index (χ2v) is 9.27. The minimum atomic E-state index is -0.480. The summed E-state index contributed by atoms with van der Waals surface area (Å²) in [4.78, 5) is 45.3. The number of fused-ring (bicyclic) bond motifs is 1.